The van der Waals surface area contributed by atoms with Gasteiger partial charge in [0, 0.05) is 50.2 Å². The van der Waals surface area contributed by atoms with E-state index in [4.69, 9.17) is 11.5 Å². The van der Waals surface area contributed by atoms with E-state index in [2.05, 4.69) is 21.5 Å². The van der Waals surface area contributed by atoms with Crippen LogP contribution < -0.4 is 11.5 Å². The minimum absolute atomic E-state index is 0.232. The zero-order valence-corrected chi connectivity index (χ0v) is 23.0. The second-order valence-electron chi connectivity index (χ2n) is 10.4. The van der Waals surface area contributed by atoms with E-state index in [1.807, 2.05) is 60.7 Å². The lowest BCUT2D eigenvalue weighted by Crippen LogP contribution is -2.23. The molecule has 4 aromatic carbocycles. The molecule has 210 valence electrons. The van der Waals surface area contributed by atoms with Crippen LogP contribution in [-0.4, -0.2) is 37.9 Å². The standard InChI is InChI=1S/C34H25N5O4/c1-2-39-25-13-11-17(29-27(31(40)33(35)42)19-7-3-5-9-23(19)37-29)15-21(25)22-16-18(12-14-26(22)39)30-28(32(41)34(36)43)20-8-4-6-10-24(20)38-30/h3-16,37-38H,2H2,1H3,(H2,35,42)(H2,36,43). The molecule has 0 aliphatic rings. The highest BCUT2D eigenvalue weighted by atomic mass is 16.2. The normalized spacial score (nSPS) is 11.6. The van der Waals surface area contributed by atoms with E-state index in [9.17, 15) is 19.2 Å². The van der Waals surface area contributed by atoms with Crippen LogP contribution in [0, 0.1) is 0 Å². The summed E-state index contributed by atoms with van der Waals surface area (Å²) in [6.45, 7) is 2.76. The number of nitrogens with one attached hydrogen (secondary N) is 2. The first kappa shape index (κ1) is 26.0. The number of aromatic amines is 2. The summed E-state index contributed by atoms with van der Waals surface area (Å²) in [5.74, 6) is -3.59. The van der Waals surface area contributed by atoms with Crippen LogP contribution in [0.3, 0.4) is 0 Å². The van der Waals surface area contributed by atoms with E-state index in [1.165, 1.54) is 0 Å². The van der Waals surface area contributed by atoms with Gasteiger partial charge in [-0.25, -0.2) is 0 Å². The van der Waals surface area contributed by atoms with Gasteiger partial charge in [-0.3, -0.25) is 19.2 Å². The first-order chi connectivity index (χ1) is 20.8. The number of benzene rings is 4. The molecule has 0 fully saturated rings. The third kappa shape index (κ3) is 3.86. The number of rotatable bonds is 7. The molecule has 9 heteroatoms. The van der Waals surface area contributed by atoms with Crippen molar-refractivity contribution in [2.45, 2.75) is 13.5 Å². The highest BCUT2D eigenvalue weighted by molar-refractivity contribution is 6.46. The molecular weight excluding hydrogens is 542 g/mol. The number of primary amides is 2. The van der Waals surface area contributed by atoms with Crippen LogP contribution in [0.25, 0.3) is 66.1 Å². The number of aryl methyl sites for hydroxylation is 1. The van der Waals surface area contributed by atoms with E-state index in [-0.39, 0.29) is 11.1 Å². The van der Waals surface area contributed by atoms with Crippen LogP contribution >= 0.6 is 0 Å². The minimum Gasteiger partial charge on any atom is -0.363 e. The summed E-state index contributed by atoms with van der Waals surface area (Å²) in [5.41, 5.74) is 17.2. The van der Waals surface area contributed by atoms with Gasteiger partial charge in [-0.2, -0.15) is 0 Å². The monoisotopic (exact) mass is 567 g/mol. The summed E-state index contributed by atoms with van der Waals surface area (Å²) in [6.07, 6.45) is 0. The van der Waals surface area contributed by atoms with Gasteiger partial charge in [0.05, 0.1) is 22.5 Å². The topological polar surface area (TPSA) is 157 Å². The van der Waals surface area contributed by atoms with Gasteiger partial charge in [-0.1, -0.05) is 48.5 Å². The van der Waals surface area contributed by atoms with Gasteiger partial charge >= 0.3 is 0 Å². The number of nitrogens with zero attached hydrogens (tertiary/aromatic N) is 1. The molecule has 0 bridgehead atoms. The van der Waals surface area contributed by atoms with Gasteiger partial charge < -0.3 is 26.0 Å². The first-order valence-corrected chi connectivity index (χ1v) is 13.7. The second kappa shape index (κ2) is 9.56. The highest BCUT2D eigenvalue weighted by Crippen LogP contribution is 2.39. The van der Waals surface area contributed by atoms with Crippen molar-refractivity contribution in [1.82, 2.24) is 14.5 Å². The Labute approximate surface area is 244 Å². The Hall–Kier alpha value is -5.96. The van der Waals surface area contributed by atoms with Crippen LogP contribution in [0.1, 0.15) is 27.6 Å². The number of hydrogen-bond acceptors (Lipinski definition) is 4. The zero-order valence-electron chi connectivity index (χ0n) is 23.0. The Bertz CT molecular complexity index is 2170. The number of H-pyrrole nitrogens is 2. The molecule has 3 aromatic heterocycles. The Morgan fingerprint density at radius 1 is 0.605 bits per heavy atom. The Morgan fingerprint density at radius 2 is 1.02 bits per heavy atom. The molecule has 0 radical (unpaired) electrons. The maximum absolute atomic E-state index is 13.0. The number of hydrogen-bond donors (Lipinski definition) is 4. The van der Waals surface area contributed by atoms with Gasteiger partial charge in [0.1, 0.15) is 0 Å². The fraction of sp³-hybridized carbons (Fsp3) is 0.0588. The number of nitrogens with two attached hydrogens (primary N) is 2. The molecule has 7 rings (SSSR count). The number of carbonyl (C=O) groups is 4. The van der Waals surface area contributed by atoms with Crippen molar-refractivity contribution in [3.8, 4) is 22.5 Å². The summed E-state index contributed by atoms with van der Waals surface area (Å²) in [7, 11) is 0. The van der Waals surface area contributed by atoms with E-state index >= 15 is 0 Å². The second-order valence-corrected chi connectivity index (χ2v) is 10.4. The molecule has 0 atom stereocenters. The fourth-order valence-electron chi connectivity index (χ4n) is 6.19. The summed E-state index contributed by atoms with van der Waals surface area (Å²) >= 11 is 0. The van der Waals surface area contributed by atoms with Gasteiger partial charge in [0.25, 0.3) is 23.4 Å². The molecule has 0 aliphatic heterocycles. The molecule has 0 saturated carbocycles. The minimum atomic E-state index is -1.03. The van der Waals surface area contributed by atoms with Crippen LogP contribution in [0.2, 0.25) is 0 Å². The number of carbonyl (C=O) groups excluding carboxylic acids is 4. The number of para-hydroxylation sites is 2. The van der Waals surface area contributed by atoms with Crippen LogP contribution in [0.5, 0.6) is 0 Å². The maximum Gasteiger partial charge on any atom is 0.289 e. The molecule has 7 aromatic rings. The van der Waals surface area contributed by atoms with Gasteiger partial charge in [-0.05, 0) is 54.4 Å². The summed E-state index contributed by atoms with van der Waals surface area (Å²) in [4.78, 5) is 56.6. The van der Waals surface area contributed by atoms with Crippen molar-refractivity contribution >= 4 is 67.0 Å². The third-order valence-corrected chi connectivity index (χ3v) is 8.07. The van der Waals surface area contributed by atoms with Crippen molar-refractivity contribution in [2.75, 3.05) is 0 Å². The quantitative estimate of drug-likeness (QED) is 0.149. The number of fused-ring (bicyclic) bond motifs is 5. The maximum atomic E-state index is 13.0. The average molecular weight is 568 g/mol. The molecule has 43 heavy (non-hydrogen) atoms. The molecule has 0 spiro atoms. The third-order valence-electron chi connectivity index (χ3n) is 8.07. The summed E-state index contributed by atoms with van der Waals surface area (Å²) in [5, 5.41) is 3.05. The molecule has 0 unspecified atom stereocenters. The lowest BCUT2D eigenvalue weighted by Gasteiger charge is -2.06. The number of amides is 2. The van der Waals surface area contributed by atoms with Crippen molar-refractivity contribution < 1.29 is 19.2 Å². The predicted octanol–water partition coefficient (Wildman–Crippen LogP) is 5.45. The lowest BCUT2D eigenvalue weighted by atomic mass is 9.98. The predicted molar refractivity (Wildman–Crippen MR) is 167 cm³/mol. The summed E-state index contributed by atoms with van der Waals surface area (Å²) < 4.78 is 2.18. The van der Waals surface area contributed by atoms with Gasteiger partial charge in [-0.15, -0.1) is 0 Å². The van der Waals surface area contributed by atoms with Crippen molar-refractivity contribution in [2.24, 2.45) is 11.5 Å². The fourth-order valence-corrected chi connectivity index (χ4v) is 6.19. The van der Waals surface area contributed by atoms with Crippen LogP contribution in [-0.2, 0) is 16.1 Å². The van der Waals surface area contributed by atoms with Gasteiger partial charge in [0.2, 0.25) is 0 Å². The summed E-state index contributed by atoms with van der Waals surface area (Å²) in [6, 6.07) is 26.3. The molecule has 0 saturated heterocycles. The Kier molecular flexibility index (Phi) is 5.77. The molecule has 6 N–H and O–H groups in total. The first-order valence-electron chi connectivity index (χ1n) is 13.7. The number of ketones is 2. The highest BCUT2D eigenvalue weighted by Gasteiger charge is 2.26. The SMILES string of the molecule is CCn1c2ccc(-c3[nH]c4ccccc4c3C(=O)C(N)=O)cc2c2cc(-c3[nH]c4ccccc4c3C(=O)C(N)=O)ccc21. The Morgan fingerprint density at radius 3 is 1.42 bits per heavy atom. The van der Waals surface area contributed by atoms with E-state index in [0.717, 1.165) is 21.8 Å². The van der Waals surface area contributed by atoms with E-state index in [1.54, 1.807) is 24.3 Å². The van der Waals surface area contributed by atoms with Crippen LogP contribution in [0.15, 0.2) is 84.9 Å². The lowest BCUT2D eigenvalue weighted by molar-refractivity contribution is -0.114. The molecule has 2 amide bonds. The largest absolute Gasteiger partial charge is 0.363 e. The van der Waals surface area contributed by atoms with Crippen molar-refractivity contribution in [3.05, 3.63) is 96.1 Å². The molecule has 3 heterocycles. The zero-order chi connectivity index (χ0) is 30.0. The molecule has 0 aliphatic carbocycles. The molecular formula is C34H25N5O4. The Balaban J connectivity index is 1.49. The van der Waals surface area contributed by atoms with Crippen molar-refractivity contribution in [3.63, 3.8) is 0 Å². The van der Waals surface area contributed by atoms with E-state index in [0.29, 0.717) is 50.9 Å². The van der Waals surface area contributed by atoms with Gasteiger partial charge in [0.15, 0.2) is 0 Å². The number of aromatic nitrogens is 3. The number of Topliss-reactive ketones (excluding diaryl/α,β-unsaturated/α-hetero) is 2. The van der Waals surface area contributed by atoms with Crippen LogP contribution in [0.4, 0.5) is 0 Å². The van der Waals surface area contributed by atoms with E-state index < -0.39 is 23.4 Å². The van der Waals surface area contributed by atoms with Crippen molar-refractivity contribution in [1.29, 1.82) is 0 Å². The smallest absolute Gasteiger partial charge is 0.289 e. The molecule has 9 nitrogen and oxygen atoms in total. The average Bonchev–Trinajstić information content (AvgIpc) is 3.69.